The summed E-state index contributed by atoms with van der Waals surface area (Å²) < 4.78 is 0. The second kappa shape index (κ2) is 5.87. The lowest BCUT2D eigenvalue weighted by atomic mass is 9.82. The molecule has 0 heterocycles. The molecule has 1 saturated carbocycles. The number of carbonyl (C=O) groups is 3. The first-order valence-electron chi connectivity index (χ1n) is 7.26. The average molecular weight is 294 g/mol. The van der Waals surface area contributed by atoms with Gasteiger partial charge in [-0.25, -0.2) is 0 Å². The zero-order valence-electron chi connectivity index (χ0n) is 12.6. The zero-order valence-corrected chi connectivity index (χ0v) is 12.6. The summed E-state index contributed by atoms with van der Waals surface area (Å²) in [6.07, 6.45) is 4.56. The predicted molar refractivity (Wildman–Crippen MR) is 76.3 cm³/mol. The van der Waals surface area contributed by atoms with Gasteiger partial charge in [-0.15, -0.1) is 0 Å². The Labute approximate surface area is 124 Å². The molecule has 0 aromatic carbocycles. The minimum absolute atomic E-state index is 0.0122. The fourth-order valence-corrected chi connectivity index (χ4v) is 3.41. The topological polar surface area (TPSA) is 86.7 Å². The lowest BCUT2D eigenvalue weighted by Crippen LogP contribution is -2.46. The van der Waals surface area contributed by atoms with E-state index >= 15 is 0 Å². The number of likely N-dealkylation sites (N-methyl/N-ethyl adjacent to an activating group) is 1. The van der Waals surface area contributed by atoms with Crippen LogP contribution >= 0.6 is 0 Å². The number of fused-ring (bicyclic) bond motifs is 2. The van der Waals surface area contributed by atoms with Gasteiger partial charge in [0.25, 0.3) is 0 Å². The van der Waals surface area contributed by atoms with Crippen LogP contribution in [0.2, 0.25) is 0 Å². The molecule has 6 heteroatoms. The first kappa shape index (κ1) is 15.5. The number of hydrogen-bond acceptors (Lipinski definition) is 3. The number of nitrogens with zero attached hydrogens (tertiary/aromatic N) is 1. The van der Waals surface area contributed by atoms with Gasteiger partial charge in [-0.1, -0.05) is 12.2 Å². The van der Waals surface area contributed by atoms with Crippen molar-refractivity contribution in [2.75, 3.05) is 13.6 Å². The Bertz CT molecular complexity index is 486. The molecule has 2 N–H and O–H groups in total. The summed E-state index contributed by atoms with van der Waals surface area (Å²) in [6, 6.07) is 0.0122. The first-order valence-corrected chi connectivity index (χ1v) is 7.26. The summed E-state index contributed by atoms with van der Waals surface area (Å²) in [5.74, 6) is -2.69. The van der Waals surface area contributed by atoms with E-state index in [4.69, 9.17) is 0 Å². The molecule has 0 aromatic rings. The lowest BCUT2D eigenvalue weighted by Gasteiger charge is -2.28. The smallest absolute Gasteiger partial charge is 0.307 e. The van der Waals surface area contributed by atoms with Crippen molar-refractivity contribution in [1.82, 2.24) is 10.2 Å². The number of rotatable bonds is 5. The highest BCUT2D eigenvalue weighted by Gasteiger charge is 2.52. The fourth-order valence-electron chi connectivity index (χ4n) is 3.41. The van der Waals surface area contributed by atoms with Crippen molar-refractivity contribution in [2.24, 2.45) is 23.7 Å². The van der Waals surface area contributed by atoms with Crippen LogP contribution in [0.25, 0.3) is 0 Å². The van der Waals surface area contributed by atoms with E-state index in [0.29, 0.717) is 0 Å². The summed E-state index contributed by atoms with van der Waals surface area (Å²) in [7, 11) is 1.55. The molecule has 2 rings (SSSR count). The molecule has 116 valence electrons. The maximum atomic E-state index is 12.5. The second-order valence-electron chi connectivity index (χ2n) is 6.25. The normalized spacial score (nSPS) is 29.7. The number of carboxylic acid groups (broad SMARTS) is 1. The van der Waals surface area contributed by atoms with Crippen LogP contribution in [0.3, 0.4) is 0 Å². The minimum atomic E-state index is -0.926. The molecular formula is C15H22N2O4. The molecule has 2 bridgehead atoms. The number of aliphatic carboxylic acids is 1. The van der Waals surface area contributed by atoms with E-state index in [1.807, 2.05) is 26.0 Å². The van der Waals surface area contributed by atoms with Crippen LogP contribution < -0.4 is 5.32 Å². The van der Waals surface area contributed by atoms with Crippen LogP contribution in [0.1, 0.15) is 20.3 Å². The standard InChI is InChI=1S/C15H22N2O4/c1-8(2)16-11(18)7-17(3)14(19)12-9-4-5-10(6-9)13(12)15(20)21/h4-5,8-10,12-13H,6-7H2,1-3H3,(H,16,18)(H,20,21)/t9?,10?,12-,13+/m0/s1. The first-order chi connectivity index (χ1) is 9.81. The number of amides is 2. The van der Waals surface area contributed by atoms with Crippen molar-refractivity contribution in [3.05, 3.63) is 12.2 Å². The number of carbonyl (C=O) groups excluding carboxylic acids is 2. The van der Waals surface area contributed by atoms with Crippen LogP contribution in [-0.2, 0) is 14.4 Å². The molecule has 0 aromatic heterocycles. The Hall–Kier alpha value is -1.85. The second-order valence-corrected chi connectivity index (χ2v) is 6.25. The van der Waals surface area contributed by atoms with Crippen LogP contribution in [0.15, 0.2) is 12.2 Å². The molecule has 2 amide bonds. The highest BCUT2D eigenvalue weighted by Crippen LogP contribution is 2.48. The highest BCUT2D eigenvalue weighted by atomic mass is 16.4. The molecule has 2 aliphatic rings. The number of allylic oxidation sites excluding steroid dienone is 2. The van der Waals surface area contributed by atoms with Crippen molar-refractivity contribution < 1.29 is 19.5 Å². The van der Waals surface area contributed by atoms with Gasteiger partial charge in [0.05, 0.1) is 18.4 Å². The fraction of sp³-hybridized carbons (Fsp3) is 0.667. The average Bonchev–Trinajstić information content (AvgIpc) is 2.96. The van der Waals surface area contributed by atoms with Gasteiger partial charge < -0.3 is 15.3 Å². The Kier molecular flexibility index (Phi) is 4.34. The minimum Gasteiger partial charge on any atom is -0.481 e. The molecule has 6 nitrogen and oxygen atoms in total. The Morgan fingerprint density at radius 3 is 2.33 bits per heavy atom. The molecular weight excluding hydrogens is 272 g/mol. The van der Waals surface area contributed by atoms with Crippen LogP contribution in [0, 0.1) is 23.7 Å². The van der Waals surface area contributed by atoms with Gasteiger partial charge in [0, 0.05) is 13.1 Å². The van der Waals surface area contributed by atoms with E-state index in [9.17, 15) is 19.5 Å². The Morgan fingerprint density at radius 2 is 1.81 bits per heavy atom. The maximum Gasteiger partial charge on any atom is 0.307 e. The molecule has 2 unspecified atom stereocenters. The van der Waals surface area contributed by atoms with Gasteiger partial charge in [0.15, 0.2) is 0 Å². The Morgan fingerprint density at radius 1 is 1.24 bits per heavy atom. The van der Waals surface area contributed by atoms with Crippen molar-refractivity contribution in [3.8, 4) is 0 Å². The maximum absolute atomic E-state index is 12.5. The molecule has 0 saturated heterocycles. The van der Waals surface area contributed by atoms with Crippen LogP contribution in [-0.4, -0.2) is 47.4 Å². The van der Waals surface area contributed by atoms with E-state index in [-0.39, 0.29) is 36.2 Å². The number of carboxylic acids is 1. The summed E-state index contributed by atoms with van der Waals surface area (Å²) in [6.45, 7) is 3.66. The third-order valence-electron chi connectivity index (χ3n) is 4.24. The van der Waals surface area contributed by atoms with E-state index in [1.165, 1.54) is 4.90 Å². The van der Waals surface area contributed by atoms with E-state index in [0.717, 1.165) is 6.42 Å². The van der Waals surface area contributed by atoms with Gasteiger partial charge in [-0.2, -0.15) is 0 Å². The van der Waals surface area contributed by atoms with E-state index < -0.39 is 17.8 Å². The Balaban J connectivity index is 2.03. The molecule has 1 fully saturated rings. The highest BCUT2D eigenvalue weighted by molar-refractivity contribution is 5.89. The third-order valence-corrected chi connectivity index (χ3v) is 4.24. The zero-order chi connectivity index (χ0) is 15.7. The number of nitrogens with one attached hydrogen (secondary N) is 1. The van der Waals surface area contributed by atoms with Gasteiger partial charge >= 0.3 is 5.97 Å². The van der Waals surface area contributed by atoms with Crippen molar-refractivity contribution >= 4 is 17.8 Å². The van der Waals surface area contributed by atoms with Crippen LogP contribution in [0.4, 0.5) is 0 Å². The largest absolute Gasteiger partial charge is 0.481 e. The molecule has 0 spiro atoms. The van der Waals surface area contributed by atoms with Crippen molar-refractivity contribution in [1.29, 1.82) is 0 Å². The molecule has 21 heavy (non-hydrogen) atoms. The van der Waals surface area contributed by atoms with Crippen LogP contribution in [0.5, 0.6) is 0 Å². The third kappa shape index (κ3) is 3.09. The van der Waals surface area contributed by atoms with E-state index in [1.54, 1.807) is 7.05 Å². The summed E-state index contributed by atoms with van der Waals surface area (Å²) in [5.41, 5.74) is 0. The lowest BCUT2D eigenvalue weighted by molar-refractivity contribution is -0.151. The van der Waals surface area contributed by atoms with Crippen molar-refractivity contribution in [3.63, 3.8) is 0 Å². The molecule has 0 aliphatic heterocycles. The summed E-state index contributed by atoms with van der Waals surface area (Å²) in [5, 5.41) is 12.1. The predicted octanol–water partition coefficient (Wildman–Crippen LogP) is 0.492. The van der Waals surface area contributed by atoms with Crippen molar-refractivity contribution in [2.45, 2.75) is 26.3 Å². The summed E-state index contributed by atoms with van der Waals surface area (Å²) in [4.78, 5) is 37.0. The quantitative estimate of drug-likeness (QED) is 0.723. The molecule has 2 aliphatic carbocycles. The SMILES string of the molecule is CC(C)NC(=O)CN(C)C(=O)[C@H]1C2C=CC(C2)[C@H]1C(=O)O. The number of hydrogen-bond donors (Lipinski definition) is 2. The van der Waals surface area contributed by atoms with Gasteiger partial charge in [-0.05, 0) is 32.1 Å². The monoisotopic (exact) mass is 294 g/mol. The summed E-state index contributed by atoms with van der Waals surface area (Å²) >= 11 is 0. The molecule has 4 atom stereocenters. The molecule has 0 radical (unpaired) electrons. The van der Waals surface area contributed by atoms with E-state index in [2.05, 4.69) is 5.32 Å². The van der Waals surface area contributed by atoms with Gasteiger partial charge in [0.1, 0.15) is 0 Å². The van der Waals surface area contributed by atoms with Gasteiger partial charge in [-0.3, -0.25) is 14.4 Å². The van der Waals surface area contributed by atoms with Gasteiger partial charge in [0.2, 0.25) is 11.8 Å².